The van der Waals surface area contributed by atoms with E-state index in [0.29, 0.717) is 6.07 Å². The van der Waals surface area contributed by atoms with E-state index in [2.05, 4.69) is 4.94 Å². The molecule has 0 radical (unpaired) electrons. The Kier molecular flexibility index (Phi) is 2.04. The highest BCUT2D eigenvalue weighted by molar-refractivity contribution is 5.86. The molecule has 0 bridgehead atoms. The Hall–Kier alpha value is -1.92. The predicted octanol–water partition coefficient (Wildman–Crippen LogP) is -0.896. The van der Waals surface area contributed by atoms with Crippen molar-refractivity contribution in [2.45, 2.75) is 0 Å². The number of H-pyrrole nitrogens is 2. The molecule has 0 fully saturated rings. The average Bonchev–Trinajstić information content (AvgIpc) is 2.01. The highest BCUT2D eigenvalue weighted by atomic mass is 19.3. The van der Waals surface area contributed by atoms with Crippen molar-refractivity contribution >= 4 is 5.97 Å². The van der Waals surface area contributed by atoms with Crippen molar-refractivity contribution in [3.63, 3.8) is 0 Å². The number of hydrogen-bond donors (Lipinski definition) is 2. The zero-order valence-electron chi connectivity index (χ0n) is 5.59. The molecular formula is C5H3FN2O4. The molecule has 1 heterocycles. The third-order valence-corrected chi connectivity index (χ3v) is 1.05. The monoisotopic (exact) mass is 174 g/mol. The van der Waals surface area contributed by atoms with Crippen LogP contribution in [0.2, 0.25) is 0 Å². The van der Waals surface area contributed by atoms with Crippen LogP contribution in [0.1, 0.15) is 10.5 Å². The first-order valence-corrected chi connectivity index (χ1v) is 2.80. The number of aromatic amines is 2. The van der Waals surface area contributed by atoms with Crippen LogP contribution >= 0.6 is 0 Å². The lowest BCUT2D eigenvalue weighted by molar-refractivity contribution is -0.0793. The molecule has 0 saturated carbocycles. The Bertz CT molecular complexity index is 378. The van der Waals surface area contributed by atoms with E-state index in [0.717, 1.165) is 0 Å². The minimum Gasteiger partial charge on any atom is -0.301 e. The largest absolute Gasteiger partial charge is 0.395 e. The summed E-state index contributed by atoms with van der Waals surface area (Å²) in [5.74, 6) is -1.42. The van der Waals surface area contributed by atoms with Gasteiger partial charge >= 0.3 is 11.7 Å². The Morgan fingerprint density at radius 1 is 1.42 bits per heavy atom. The normalized spacial score (nSPS) is 9.42. The zero-order valence-corrected chi connectivity index (χ0v) is 5.59. The van der Waals surface area contributed by atoms with Gasteiger partial charge < -0.3 is 4.98 Å². The predicted molar refractivity (Wildman–Crippen MR) is 34.2 cm³/mol. The first-order valence-electron chi connectivity index (χ1n) is 2.80. The molecule has 0 spiro atoms. The van der Waals surface area contributed by atoms with Gasteiger partial charge in [0.2, 0.25) is 0 Å². The van der Waals surface area contributed by atoms with E-state index in [9.17, 15) is 18.9 Å². The number of carbonyl (C=O) groups is 1. The molecule has 0 atom stereocenters. The topological polar surface area (TPSA) is 92.0 Å². The third-order valence-electron chi connectivity index (χ3n) is 1.05. The molecule has 0 aliphatic carbocycles. The lowest BCUT2D eigenvalue weighted by Crippen LogP contribution is -2.24. The van der Waals surface area contributed by atoms with Crippen LogP contribution < -0.4 is 11.2 Å². The second kappa shape index (κ2) is 2.99. The van der Waals surface area contributed by atoms with Gasteiger partial charge in [0.15, 0.2) is 0 Å². The smallest absolute Gasteiger partial charge is 0.301 e. The van der Waals surface area contributed by atoms with Crippen LogP contribution in [0.3, 0.4) is 0 Å². The number of hydrogen-bond acceptors (Lipinski definition) is 4. The van der Waals surface area contributed by atoms with E-state index in [1.165, 1.54) is 0 Å². The van der Waals surface area contributed by atoms with Crippen LogP contribution in [0.15, 0.2) is 15.7 Å². The highest BCUT2D eigenvalue weighted by Gasteiger charge is 2.09. The fraction of sp³-hybridized carbons (Fsp3) is 0. The summed E-state index contributed by atoms with van der Waals surface area (Å²) < 4.78 is 11.3. The number of rotatable bonds is 1. The molecule has 0 aliphatic rings. The Morgan fingerprint density at radius 2 is 2.08 bits per heavy atom. The van der Waals surface area contributed by atoms with E-state index in [1.807, 2.05) is 4.98 Å². The summed E-state index contributed by atoms with van der Waals surface area (Å²) in [6.45, 7) is 0. The molecule has 1 aromatic heterocycles. The van der Waals surface area contributed by atoms with Crippen LogP contribution in [0, 0.1) is 0 Å². The average molecular weight is 174 g/mol. The molecule has 0 aliphatic heterocycles. The van der Waals surface area contributed by atoms with Gasteiger partial charge in [0.25, 0.3) is 5.56 Å². The number of carbonyl (C=O) groups excluding carboxylic acids is 1. The van der Waals surface area contributed by atoms with Gasteiger partial charge in [-0.15, -0.1) is 0 Å². The van der Waals surface area contributed by atoms with Gasteiger partial charge in [0.1, 0.15) is 5.69 Å². The first-order chi connectivity index (χ1) is 5.63. The van der Waals surface area contributed by atoms with E-state index >= 15 is 0 Å². The van der Waals surface area contributed by atoms with Crippen LogP contribution in [-0.4, -0.2) is 15.9 Å². The molecule has 6 nitrogen and oxygen atoms in total. The van der Waals surface area contributed by atoms with Crippen LogP contribution in [0.5, 0.6) is 0 Å². The lowest BCUT2D eigenvalue weighted by atomic mass is 10.4. The van der Waals surface area contributed by atoms with Gasteiger partial charge in [-0.25, -0.2) is 14.5 Å². The maximum Gasteiger partial charge on any atom is 0.395 e. The Balaban J connectivity index is 3.27. The van der Waals surface area contributed by atoms with Crippen molar-refractivity contribution < 1.29 is 14.3 Å². The van der Waals surface area contributed by atoms with Crippen molar-refractivity contribution in [3.05, 3.63) is 32.6 Å². The standard InChI is InChI=1S/C5H3FN2O4/c6-12-4(10)2-1-3(9)8-5(11)7-2/h1H,(H2,7,8,9,11). The molecule has 0 saturated heterocycles. The SMILES string of the molecule is O=C(OF)c1cc(=O)[nH]c(=O)[nH]1. The van der Waals surface area contributed by atoms with Gasteiger partial charge in [0.05, 0.1) is 0 Å². The van der Waals surface area contributed by atoms with Crippen molar-refractivity contribution in [1.29, 1.82) is 0 Å². The molecule has 0 unspecified atom stereocenters. The van der Waals surface area contributed by atoms with Crippen molar-refractivity contribution in [1.82, 2.24) is 9.97 Å². The maximum atomic E-state index is 11.3. The van der Waals surface area contributed by atoms with Gasteiger partial charge in [0, 0.05) is 10.6 Å². The van der Waals surface area contributed by atoms with Crippen molar-refractivity contribution in [2.75, 3.05) is 0 Å². The summed E-state index contributed by atoms with van der Waals surface area (Å²) in [5.41, 5.74) is -2.24. The number of aromatic nitrogens is 2. The summed E-state index contributed by atoms with van der Waals surface area (Å²) in [6, 6.07) is 0.712. The summed E-state index contributed by atoms with van der Waals surface area (Å²) in [7, 11) is 0. The third kappa shape index (κ3) is 1.57. The van der Waals surface area contributed by atoms with E-state index < -0.39 is 22.9 Å². The molecule has 1 aromatic rings. The molecular weight excluding hydrogens is 171 g/mol. The van der Waals surface area contributed by atoms with Gasteiger partial charge in [-0.1, -0.05) is 0 Å². The van der Waals surface area contributed by atoms with Crippen molar-refractivity contribution in [3.8, 4) is 0 Å². The zero-order chi connectivity index (χ0) is 9.14. The highest BCUT2D eigenvalue weighted by Crippen LogP contribution is 1.90. The molecule has 1 rings (SSSR count). The second-order valence-corrected chi connectivity index (χ2v) is 1.87. The minimum atomic E-state index is -1.42. The van der Waals surface area contributed by atoms with Crippen molar-refractivity contribution in [2.24, 2.45) is 0 Å². The number of nitrogens with one attached hydrogen (secondary N) is 2. The summed E-state index contributed by atoms with van der Waals surface area (Å²) in [5, 5.41) is 0. The van der Waals surface area contributed by atoms with E-state index in [-0.39, 0.29) is 0 Å². The van der Waals surface area contributed by atoms with Crippen LogP contribution in [0.4, 0.5) is 4.53 Å². The summed E-state index contributed by atoms with van der Waals surface area (Å²) in [4.78, 5) is 37.9. The summed E-state index contributed by atoms with van der Waals surface area (Å²) >= 11 is 0. The van der Waals surface area contributed by atoms with Crippen LogP contribution in [0.25, 0.3) is 0 Å². The minimum absolute atomic E-state index is 0.536. The Morgan fingerprint density at radius 3 is 2.58 bits per heavy atom. The Labute approximate surface area is 63.9 Å². The second-order valence-electron chi connectivity index (χ2n) is 1.87. The number of halogens is 1. The molecule has 7 heteroatoms. The first kappa shape index (κ1) is 8.18. The van der Waals surface area contributed by atoms with E-state index in [1.54, 1.807) is 4.98 Å². The molecule has 0 aromatic carbocycles. The van der Waals surface area contributed by atoms with Gasteiger partial charge in [-0.05, 0) is 0 Å². The van der Waals surface area contributed by atoms with Gasteiger partial charge in [-0.3, -0.25) is 9.78 Å². The van der Waals surface area contributed by atoms with Crippen LogP contribution in [-0.2, 0) is 4.94 Å². The fourth-order valence-electron chi connectivity index (χ4n) is 0.620. The molecule has 64 valence electrons. The van der Waals surface area contributed by atoms with E-state index in [4.69, 9.17) is 0 Å². The fourth-order valence-corrected chi connectivity index (χ4v) is 0.620. The molecule has 0 amide bonds. The molecule has 12 heavy (non-hydrogen) atoms. The van der Waals surface area contributed by atoms with Gasteiger partial charge in [-0.2, -0.15) is 0 Å². The molecule has 2 N–H and O–H groups in total. The lowest BCUT2D eigenvalue weighted by Gasteiger charge is -1.91. The quantitative estimate of drug-likeness (QED) is 0.577. The summed E-state index contributed by atoms with van der Waals surface area (Å²) in [6.07, 6.45) is 0. The maximum absolute atomic E-state index is 11.3.